The Labute approximate surface area is 79.5 Å². The number of rotatable bonds is 4. The molecule has 0 saturated carbocycles. The Hall–Kier alpha value is -0.610. The van der Waals surface area contributed by atoms with Gasteiger partial charge in [0.2, 0.25) is 5.91 Å². The number of hydrogen-bond donors (Lipinski definition) is 3. The number of amides is 1. The van der Waals surface area contributed by atoms with Crippen molar-refractivity contribution in [3.05, 3.63) is 0 Å². The molecular formula is C9H20N2O2. The zero-order valence-corrected chi connectivity index (χ0v) is 8.85. The minimum Gasteiger partial charge on any atom is -0.394 e. The molecule has 4 nitrogen and oxygen atoms in total. The molecule has 78 valence electrons. The van der Waals surface area contributed by atoms with Crippen molar-refractivity contribution in [1.82, 2.24) is 5.32 Å². The minimum atomic E-state index is -0.567. The van der Waals surface area contributed by atoms with Gasteiger partial charge in [0, 0.05) is 12.0 Å². The van der Waals surface area contributed by atoms with Crippen LogP contribution in [0, 0.1) is 0 Å². The van der Waals surface area contributed by atoms with Gasteiger partial charge in [-0.25, -0.2) is 0 Å². The molecule has 4 N–H and O–H groups in total. The largest absolute Gasteiger partial charge is 0.394 e. The van der Waals surface area contributed by atoms with Crippen molar-refractivity contribution in [2.75, 3.05) is 6.61 Å². The van der Waals surface area contributed by atoms with E-state index in [9.17, 15) is 4.79 Å². The molecule has 1 amide bonds. The number of nitrogens with one attached hydrogen (secondary N) is 1. The summed E-state index contributed by atoms with van der Waals surface area (Å²) >= 11 is 0. The van der Waals surface area contributed by atoms with Crippen LogP contribution in [-0.2, 0) is 4.79 Å². The lowest BCUT2D eigenvalue weighted by Gasteiger charge is -2.26. The summed E-state index contributed by atoms with van der Waals surface area (Å²) < 4.78 is 0. The molecule has 0 radical (unpaired) electrons. The van der Waals surface area contributed by atoms with Crippen LogP contribution in [0.3, 0.4) is 0 Å². The third-order valence-electron chi connectivity index (χ3n) is 1.49. The zero-order chi connectivity index (χ0) is 10.7. The predicted octanol–water partition coefficient (Wildman–Crippen LogP) is 0.000900. The van der Waals surface area contributed by atoms with Gasteiger partial charge in [0.1, 0.15) is 0 Å². The predicted molar refractivity (Wildman–Crippen MR) is 52.2 cm³/mol. The molecule has 0 atom stereocenters. The van der Waals surface area contributed by atoms with Gasteiger partial charge < -0.3 is 16.2 Å². The molecule has 0 aromatic carbocycles. The van der Waals surface area contributed by atoms with Gasteiger partial charge in [-0.2, -0.15) is 0 Å². The van der Waals surface area contributed by atoms with E-state index in [1.54, 1.807) is 27.7 Å². The van der Waals surface area contributed by atoms with Gasteiger partial charge in [-0.1, -0.05) is 0 Å². The molecular weight excluding hydrogens is 168 g/mol. The van der Waals surface area contributed by atoms with E-state index in [1.807, 2.05) is 0 Å². The van der Waals surface area contributed by atoms with E-state index in [0.29, 0.717) is 0 Å². The number of hydrogen-bond acceptors (Lipinski definition) is 3. The lowest BCUT2D eigenvalue weighted by molar-refractivity contribution is -0.124. The van der Waals surface area contributed by atoms with Crippen LogP contribution in [0.1, 0.15) is 34.1 Å². The van der Waals surface area contributed by atoms with Crippen LogP contribution in [0.2, 0.25) is 0 Å². The van der Waals surface area contributed by atoms with Crippen molar-refractivity contribution >= 4 is 5.91 Å². The quantitative estimate of drug-likeness (QED) is 0.581. The summed E-state index contributed by atoms with van der Waals surface area (Å²) in [4.78, 5) is 11.3. The standard InChI is InChI=1S/C9H20N2O2/c1-8(2,10)5-7(13)11-9(3,4)6-12/h12H,5-6,10H2,1-4H3,(H,11,13). The third-order valence-corrected chi connectivity index (χ3v) is 1.49. The number of aliphatic hydroxyl groups is 1. The third kappa shape index (κ3) is 6.54. The fourth-order valence-corrected chi connectivity index (χ4v) is 0.875. The fourth-order valence-electron chi connectivity index (χ4n) is 0.875. The highest BCUT2D eigenvalue weighted by atomic mass is 16.3. The monoisotopic (exact) mass is 188 g/mol. The van der Waals surface area contributed by atoms with Crippen molar-refractivity contribution in [2.45, 2.75) is 45.2 Å². The lowest BCUT2D eigenvalue weighted by atomic mass is 10.0. The molecule has 0 aromatic rings. The first-order chi connectivity index (χ1) is 5.66. The highest BCUT2D eigenvalue weighted by Crippen LogP contribution is 2.06. The van der Waals surface area contributed by atoms with Crippen LogP contribution < -0.4 is 11.1 Å². The molecule has 0 rings (SSSR count). The smallest absolute Gasteiger partial charge is 0.222 e. The first kappa shape index (κ1) is 12.4. The Bertz CT molecular complexity index is 183. The van der Waals surface area contributed by atoms with Crippen LogP contribution in [0.5, 0.6) is 0 Å². The van der Waals surface area contributed by atoms with Crippen LogP contribution in [0.25, 0.3) is 0 Å². The molecule has 13 heavy (non-hydrogen) atoms. The Morgan fingerprint density at radius 2 is 1.85 bits per heavy atom. The molecule has 4 heteroatoms. The van der Waals surface area contributed by atoms with E-state index in [2.05, 4.69) is 5.32 Å². The highest BCUT2D eigenvalue weighted by molar-refractivity contribution is 5.77. The van der Waals surface area contributed by atoms with Gasteiger partial charge in [-0.15, -0.1) is 0 Å². The molecule has 0 aliphatic carbocycles. The fraction of sp³-hybridized carbons (Fsp3) is 0.889. The van der Waals surface area contributed by atoms with E-state index in [4.69, 9.17) is 10.8 Å². The van der Waals surface area contributed by atoms with Crippen LogP contribution in [-0.4, -0.2) is 28.7 Å². The van der Waals surface area contributed by atoms with E-state index in [-0.39, 0.29) is 18.9 Å². The van der Waals surface area contributed by atoms with Gasteiger partial charge >= 0.3 is 0 Å². The molecule has 0 aromatic heterocycles. The summed E-state index contributed by atoms with van der Waals surface area (Å²) in [6, 6.07) is 0. The normalized spacial score (nSPS) is 12.8. The maximum atomic E-state index is 11.3. The van der Waals surface area contributed by atoms with Gasteiger partial charge in [-0.3, -0.25) is 4.79 Å². The van der Waals surface area contributed by atoms with E-state index in [0.717, 1.165) is 0 Å². The van der Waals surface area contributed by atoms with Crippen molar-refractivity contribution < 1.29 is 9.90 Å². The van der Waals surface area contributed by atoms with Crippen molar-refractivity contribution in [1.29, 1.82) is 0 Å². The molecule has 0 spiro atoms. The first-order valence-corrected chi connectivity index (χ1v) is 4.37. The topological polar surface area (TPSA) is 75.4 Å². The summed E-state index contributed by atoms with van der Waals surface area (Å²) in [5, 5.41) is 11.6. The number of nitrogens with two attached hydrogens (primary N) is 1. The molecule has 0 aliphatic rings. The lowest BCUT2D eigenvalue weighted by Crippen LogP contribution is -2.49. The average molecular weight is 188 g/mol. The number of aliphatic hydroxyl groups excluding tert-OH is 1. The van der Waals surface area contributed by atoms with Crippen molar-refractivity contribution in [2.24, 2.45) is 5.73 Å². The molecule has 0 bridgehead atoms. The molecule has 0 heterocycles. The molecule has 0 fully saturated rings. The van der Waals surface area contributed by atoms with E-state index >= 15 is 0 Å². The summed E-state index contributed by atoms with van der Waals surface area (Å²) in [7, 11) is 0. The second kappa shape index (κ2) is 4.07. The Morgan fingerprint density at radius 1 is 1.38 bits per heavy atom. The minimum absolute atomic E-state index is 0.0796. The molecule has 0 saturated heterocycles. The molecule has 0 aliphatic heterocycles. The Balaban J connectivity index is 4.03. The van der Waals surface area contributed by atoms with Gasteiger partial charge in [0.05, 0.1) is 12.1 Å². The van der Waals surface area contributed by atoms with Crippen LogP contribution in [0.4, 0.5) is 0 Å². The maximum Gasteiger partial charge on any atom is 0.222 e. The van der Waals surface area contributed by atoms with Crippen LogP contribution >= 0.6 is 0 Å². The second-order valence-electron chi connectivity index (χ2n) is 4.76. The molecule has 0 unspecified atom stereocenters. The van der Waals surface area contributed by atoms with E-state index < -0.39 is 11.1 Å². The summed E-state index contributed by atoms with van der Waals surface area (Å²) in [6.45, 7) is 7.02. The van der Waals surface area contributed by atoms with Crippen molar-refractivity contribution in [3.8, 4) is 0 Å². The number of carbonyl (C=O) groups is 1. The summed E-state index contributed by atoms with van der Waals surface area (Å²) in [5.74, 6) is -0.133. The van der Waals surface area contributed by atoms with Gasteiger partial charge in [0.25, 0.3) is 0 Å². The van der Waals surface area contributed by atoms with Gasteiger partial charge in [-0.05, 0) is 27.7 Å². The van der Waals surface area contributed by atoms with Crippen LogP contribution in [0.15, 0.2) is 0 Å². The Kier molecular flexibility index (Phi) is 3.88. The zero-order valence-electron chi connectivity index (χ0n) is 8.85. The number of carbonyl (C=O) groups excluding carboxylic acids is 1. The highest BCUT2D eigenvalue weighted by Gasteiger charge is 2.22. The van der Waals surface area contributed by atoms with Crippen molar-refractivity contribution in [3.63, 3.8) is 0 Å². The second-order valence-corrected chi connectivity index (χ2v) is 4.76. The first-order valence-electron chi connectivity index (χ1n) is 4.37. The summed E-state index contributed by atoms with van der Waals surface area (Å²) in [5.41, 5.74) is 4.60. The van der Waals surface area contributed by atoms with Gasteiger partial charge in [0.15, 0.2) is 0 Å². The Morgan fingerprint density at radius 3 is 2.15 bits per heavy atom. The SMILES string of the molecule is CC(C)(N)CC(=O)NC(C)(C)CO. The average Bonchev–Trinajstić information content (AvgIpc) is 1.81. The maximum absolute atomic E-state index is 11.3. The summed E-state index contributed by atoms with van der Waals surface area (Å²) in [6.07, 6.45) is 0.260. The van der Waals surface area contributed by atoms with E-state index in [1.165, 1.54) is 0 Å².